The smallest absolute Gasteiger partial charge is 0.244 e. The van der Waals surface area contributed by atoms with Crippen LogP contribution in [0.2, 0.25) is 0 Å². The molecule has 1 N–H and O–H groups in total. The van der Waals surface area contributed by atoms with Crippen LogP contribution in [0.3, 0.4) is 0 Å². The average Bonchev–Trinajstić information content (AvgIpc) is 2.88. The van der Waals surface area contributed by atoms with Crippen LogP contribution in [0, 0.1) is 5.92 Å². The predicted octanol–water partition coefficient (Wildman–Crippen LogP) is 2.11. The van der Waals surface area contributed by atoms with Crippen molar-refractivity contribution < 1.29 is 13.5 Å². The minimum atomic E-state index is -3.47. The Bertz CT molecular complexity index is 572. The molecule has 1 aliphatic carbocycles. The van der Waals surface area contributed by atoms with Gasteiger partial charge in [-0.2, -0.15) is 4.31 Å². The van der Waals surface area contributed by atoms with E-state index in [0.29, 0.717) is 5.69 Å². The Balaban J connectivity index is 2.15. The summed E-state index contributed by atoms with van der Waals surface area (Å²) in [6.45, 7) is 2.04. The van der Waals surface area contributed by atoms with E-state index in [0.717, 1.165) is 31.6 Å². The number of aromatic nitrogens is 1. The molecule has 1 saturated carbocycles. The van der Waals surface area contributed by atoms with Crippen LogP contribution in [-0.2, 0) is 23.7 Å². The van der Waals surface area contributed by atoms with Crippen molar-refractivity contribution in [2.75, 3.05) is 7.05 Å². The highest BCUT2D eigenvalue weighted by Crippen LogP contribution is 2.31. The van der Waals surface area contributed by atoms with Gasteiger partial charge in [0.2, 0.25) is 10.0 Å². The number of aliphatic hydroxyl groups is 1. The Hall–Kier alpha value is -0.850. The predicted molar refractivity (Wildman–Crippen MR) is 82.3 cm³/mol. The second-order valence-electron chi connectivity index (χ2n) is 6.04. The van der Waals surface area contributed by atoms with Crippen molar-refractivity contribution in [3.8, 4) is 0 Å². The maximum Gasteiger partial charge on any atom is 0.244 e. The molecule has 1 heterocycles. The molecule has 1 fully saturated rings. The van der Waals surface area contributed by atoms with Crippen LogP contribution >= 0.6 is 0 Å². The Morgan fingerprint density at radius 3 is 2.43 bits per heavy atom. The van der Waals surface area contributed by atoms with Gasteiger partial charge in [-0.3, -0.25) is 0 Å². The first-order valence-electron chi connectivity index (χ1n) is 7.64. The van der Waals surface area contributed by atoms with E-state index in [9.17, 15) is 13.5 Å². The quantitative estimate of drug-likeness (QED) is 0.905. The molecule has 6 heteroatoms. The average molecular weight is 314 g/mol. The normalized spacial score (nSPS) is 23.7. The lowest BCUT2D eigenvalue weighted by Crippen LogP contribution is -2.39. The molecule has 2 rings (SSSR count). The van der Waals surface area contributed by atoms with Gasteiger partial charge in [0.1, 0.15) is 4.90 Å². The largest absolute Gasteiger partial charge is 0.390 e. The van der Waals surface area contributed by atoms with E-state index >= 15 is 0 Å². The number of rotatable bonds is 5. The molecule has 0 saturated heterocycles. The minimum absolute atomic E-state index is 0.0931. The fraction of sp³-hybridized carbons (Fsp3) is 0.733. The van der Waals surface area contributed by atoms with Gasteiger partial charge in [0.15, 0.2) is 0 Å². The molecule has 1 aromatic heterocycles. The lowest BCUT2D eigenvalue weighted by Gasteiger charge is -2.33. The van der Waals surface area contributed by atoms with E-state index in [1.54, 1.807) is 30.9 Å². The maximum atomic E-state index is 12.7. The highest BCUT2D eigenvalue weighted by Gasteiger charge is 2.31. The van der Waals surface area contributed by atoms with Crippen molar-refractivity contribution >= 4 is 10.0 Å². The fourth-order valence-corrected chi connectivity index (χ4v) is 4.67. The molecule has 5 nitrogen and oxygen atoms in total. The molecular weight excluding hydrogens is 288 g/mol. The summed E-state index contributed by atoms with van der Waals surface area (Å²) in [4.78, 5) is 0.272. The first kappa shape index (κ1) is 16.5. The maximum absolute atomic E-state index is 12.7. The van der Waals surface area contributed by atoms with E-state index in [1.807, 2.05) is 0 Å². The van der Waals surface area contributed by atoms with Crippen molar-refractivity contribution in [1.29, 1.82) is 0 Å². The van der Waals surface area contributed by atoms with Gasteiger partial charge in [0.25, 0.3) is 0 Å². The highest BCUT2D eigenvalue weighted by molar-refractivity contribution is 7.89. The molecule has 0 atom stereocenters. The second kappa shape index (κ2) is 6.50. The minimum Gasteiger partial charge on any atom is -0.390 e. The molecule has 0 unspecified atom stereocenters. The molecule has 21 heavy (non-hydrogen) atoms. The topological polar surface area (TPSA) is 62.5 Å². The third-order valence-corrected chi connectivity index (χ3v) is 6.71. The first-order chi connectivity index (χ1) is 9.90. The highest BCUT2D eigenvalue weighted by atomic mass is 32.2. The van der Waals surface area contributed by atoms with E-state index in [4.69, 9.17) is 0 Å². The van der Waals surface area contributed by atoms with Crippen molar-refractivity contribution in [2.45, 2.75) is 56.6 Å². The molecule has 0 aromatic carbocycles. The van der Waals surface area contributed by atoms with Crippen LogP contribution in [0.5, 0.6) is 0 Å². The van der Waals surface area contributed by atoms with Crippen LogP contribution in [0.15, 0.2) is 17.2 Å². The first-order valence-corrected chi connectivity index (χ1v) is 9.08. The van der Waals surface area contributed by atoms with Crippen LogP contribution in [0.1, 0.15) is 44.7 Å². The molecular formula is C15H26N2O3S. The van der Waals surface area contributed by atoms with Gasteiger partial charge in [0.05, 0.1) is 6.61 Å². The molecule has 1 aromatic rings. The molecule has 0 bridgehead atoms. The van der Waals surface area contributed by atoms with E-state index in [2.05, 4.69) is 6.92 Å². The number of sulfonamides is 1. The molecule has 0 amide bonds. The van der Waals surface area contributed by atoms with Gasteiger partial charge >= 0.3 is 0 Å². The van der Waals surface area contributed by atoms with Crippen LogP contribution in [-0.4, -0.2) is 35.5 Å². The summed E-state index contributed by atoms with van der Waals surface area (Å²) in [6.07, 6.45) is 6.86. The van der Waals surface area contributed by atoms with E-state index in [1.165, 1.54) is 10.7 Å². The fourth-order valence-electron chi connectivity index (χ4n) is 3.15. The monoisotopic (exact) mass is 314 g/mol. The number of aliphatic hydroxyl groups excluding tert-OH is 1. The zero-order valence-electron chi connectivity index (χ0n) is 13.1. The lowest BCUT2D eigenvalue weighted by atomic mass is 9.85. The number of hydrogen-bond acceptors (Lipinski definition) is 3. The van der Waals surface area contributed by atoms with Crippen molar-refractivity contribution in [3.63, 3.8) is 0 Å². The number of aryl methyl sites for hydroxylation is 1. The van der Waals surface area contributed by atoms with Gasteiger partial charge in [-0.15, -0.1) is 0 Å². The lowest BCUT2D eigenvalue weighted by molar-refractivity contribution is 0.233. The molecule has 0 aliphatic heterocycles. The Labute approximate surface area is 127 Å². The van der Waals surface area contributed by atoms with Gasteiger partial charge in [-0.05, 0) is 37.7 Å². The number of hydrogen-bond donors (Lipinski definition) is 1. The van der Waals surface area contributed by atoms with E-state index < -0.39 is 10.0 Å². The van der Waals surface area contributed by atoms with Crippen LogP contribution in [0.25, 0.3) is 0 Å². The van der Waals surface area contributed by atoms with Crippen LogP contribution < -0.4 is 0 Å². The Morgan fingerprint density at radius 1 is 1.33 bits per heavy atom. The van der Waals surface area contributed by atoms with Gasteiger partial charge in [-0.1, -0.05) is 13.3 Å². The zero-order chi connectivity index (χ0) is 15.6. The standard InChI is InChI=1S/C15H26N2O3S/c1-4-12-5-7-13(8-6-12)17(3)21(19,20)15-9-14(11-18)16(2)10-15/h9-10,12-13,18H,4-8,11H2,1-3H3. The summed E-state index contributed by atoms with van der Waals surface area (Å²) in [5, 5.41) is 9.21. The Morgan fingerprint density at radius 2 is 1.95 bits per heavy atom. The summed E-state index contributed by atoms with van der Waals surface area (Å²) in [5.41, 5.74) is 0.608. The second-order valence-corrected chi connectivity index (χ2v) is 8.04. The summed E-state index contributed by atoms with van der Waals surface area (Å²) in [6, 6.07) is 1.65. The Kier molecular flexibility index (Phi) is 5.11. The molecule has 0 radical (unpaired) electrons. The molecule has 0 spiro atoms. The zero-order valence-corrected chi connectivity index (χ0v) is 13.9. The van der Waals surface area contributed by atoms with Crippen LogP contribution in [0.4, 0.5) is 0 Å². The van der Waals surface area contributed by atoms with Crippen molar-refractivity contribution in [1.82, 2.24) is 8.87 Å². The summed E-state index contributed by atoms with van der Waals surface area (Å²) >= 11 is 0. The van der Waals surface area contributed by atoms with Crippen molar-refractivity contribution in [2.24, 2.45) is 13.0 Å². The van der Waals surface area contributed by atoms with E-state index in [-0.39, 0.29) is 17.5 Å². The van der Waals surface area contributed by atoms with Gasteiger partial charge in [-0.25, -0.2) is 8.42 Å². The van der Waals surface area contributed by atoms with Crippen molar-refractivity contribution in [3.05, 3.63) is 18.0 Å². The third-order valence-electron chi connectivity index (χ3n) is 4.83. The summed E-state index contributed by atoms with van der Waals surface area (Å²) in [5.74, 6) is 0.745. The third kappa shape index (κ3) is 3.33. The number of nitrogens with zero attached hydrogens (tertiary/aromatic N) is 2. The van der Waals surface area contributed by atoms with Gasteiger partial charge in [0, 0.05) is 32.0 Å². The summed E-state index contributed by atoms with van der Waals surface area (Å²) < 4.78 is 28.6. The van der Waals surface area contributed by atoms with Gasteiger partial charge < -0.3 is 9.67 Å². The molecule has 120 valence electrons. The summed E-state index contributed by atoms with van der Waals surface area (Å²) in [7, 11) is -0.0477. The SMILES string of the molecule is CCC1CCC(N(C)S(=O)(=O)c2cc(CO)n(C)c2)CC1. The molecule has 1 aliphatic rings.